The Bertz CT molecular complexity index is 589. The Hall–Kier alpha value is -0.990. The van der Waals surface area contributed by atoms with Crippen LogP contribution in [-0.4, -0.2) is 28.4 Å². The Balaban J connectivity index is 3.29. The zero-order chi connectivity index (χ0) is 14.8. The first-order valence-electron chi connectivity index (χ1n) is 5.44. The highest BCUT2D eigenvalue weighted by Gasteiger charge is 2.44. The van der Waals surface area contributed by atoms with E-state index in [1.807, 2.05) is 0 Å². The van der Waals surface area contributed by atoms with Crippen molar-refractivity contribution in [2.75, 3.05) is 6.26 Å². The molecule has 8 heteroatoms. The molecule has 1 aromatic rings. The summed E-state index contributed by atoms with van der Waals surface area (Å²) in [6.45, 7) is 1.61. The highest BCUT2D eigenvalue weighted by atomic mass is 79.9. The maximum absolute atomic E-state index is 11.8. The number of hydrogen-bond donors (Lipinski definition) is 1. The van der Waals surface area contributed by atoms with Crippen molar-refractivity contribution in [3.8, 4) is 0 Å². The predicted molar refractivity (Wildman–Crippen MR) is 74.8 cm³/mol. The lowest BCUT2D eigenvalue weighted by molar-refractivity contribution is -0.385. The number of alkyl halides is 1. The van der Waals surface area contributed by atoms with Gasteiger partial charge in [0.2, 0.25) is 0 Å². The molecule has 106 valence electrons. The lowest BCUT2D eigenvalue weighted by atomic mass is 10.0. The first kappa shape index (κ1) is 16.1. The van der Waals surface area contributed by atoms with Gasteiger partial charge in [0.25, 0.3) is 5.69 Å². The molecule has 0 aromatic heterocycles. The Morgan fingerprint density at radius 1 is 1.53 bits per heavy atom. The molecule has 1 aromatic carbocycles. The van der Waals surface area contributed by atoms with Gasteiger partial charge in [0, 0.05) is 18.4 Å². The van der Waals surface area contributed by atoms with Crippen LogP contribution in [0.2, 0.25) is 0 Å². The van der Waals surface area contributed by atoms with E-state index in [1.54, 1.807) is 6.92 Å². The van der Waals surface area contributed by atoms with Gasteiger partial charge in [0.15, 0.2) is 13.5 Å². The summed E-state index contributed by atoms with van der Waals surface area (Å²) < 4.78 is 22.0. The number of nitro groups is 1. The molecule has 0 spiro atoms. The molecule has 0 unspecified atom stereocenters. The second kappa shape index (κ2) is 5.56. The maximum atomic E-state index is 11.8. The summed E-state index contributed by atoms with van der Waals surface area (Å²) in [6, 6.07) is 5.30. The number of hydrogen-bond acceptors (Lipinski definition) is 5. The molecule has 1 N–H and O–H groups in total. The van der Waals surface area contributed by atoms with Crippen molar-refractivity contribution < 1.29 is 18.4 Å². The molecule has 0 fully saturated rings. The molecule has 0 amide bonds. The smallest absolute Gasteiger partial charge is 0.269 e. The zero-order valence-electron chi connectivity index (χ0n) is 10.4. The fraction of sp³-hybridized carbons (Fsp3) is 0.455. The third-order valence-corrected chi connectivity index (χ3v) is 7.41. The summed E-state index contributed by atoms with van der Waals surface area (Å²) in [5.41, 5.74) is -0.0191. The van der Waals surface area contributed by atoms with Gasteiger partial charge in [-0.2, -0.15) is 0 Å². The van der Waals surface area contributed by atoms with E-state index in [4.69, 9.17) is 0 Å². The third-order valence-electron chi connectivity index (χ3n) is 2.90. The van der Waals surface area contributed by atoms with Crippen LogP contribution in [0.5, 0.6) is 0 Å². The molecule has 0 saturated heterocycles. The second-order valence-electron chi connectivity index (χ2n) is 4.17. The van der Waals surface area contributed by atoms with Gasteiger partial charge in [-0.3, -0.25) is 10.1 Å². The van der Waals surface area contributed by atoms with Crippen LogP contribution in [0.25, 0.3) is 0 Å². The molecule has 0 saturated carbocycles. The molecule has 0 aliphatic carbocycles. The SMILES string of the molecule is CC[C@@](Br)([C@H](O)c1cccc([N+](=O)[O-])c1)S(C)(=O)=O. The fourth-order valence-corrected chi connectivity index (χ4v) is 3.05. The van der Waals surface area contributed by atoms with Gasteiger partial charge in [0.05, 0.1) is 4.92 Å². The fourth-order valence-electron chi connectivity index (χ4n) is 1.72. The lowest BCUT2D eigenvalue weighted by Crippen LogP contribution is -2.37. The molecule has 0 aliphatic heterocycles. The van der Waals surface area contributed by atoms with E-state index in [0.29, 0.717) is 0 Å². The minimum Gasteiger partial charge on any atom is -0.386 e. The van der Waals surface area contributed by atoms with Gasteiger partial charge in [-0.1, -0.05) is 35.0 Å². The largest absolute Gasteiger partial charge is 0.386 e. The van der Waals surface area contributed by atoms with Crippen molar-refractivity contribution in [1.82, 2.24) is 0 Å². The van der Waals surface area contributed by atoms with Crippen LogP contribution in [0.15, 0.2) is 24.3 Å². The van der Waals surface area contributed by atoms with Crippen LogP contribution in [-0.2, 0) is 9.84 Å². The Morgan fingerprint density at radius 2 is 2.11 bits per heavy atom. The summed E-state index contributed by atoms with van der Waals surface area (Å²) in [5.74, 6) is 0. The first-order chi connectivity index (χ1) is 8.63. The van der Waals surface area contributed by atoms with E-state index in [9.17, 15) is 23.6 Å². The van der Waals surface area contributed by atoms with Crippen molar-refractivity contribution in [3.63, 3.8) is 0 Å². The average Bonchev–Trinajstić information content (AvgIpc) is 2.35. The second-order valence-corrected chi connectivity index (χ2v) is 8.38. The number of halogens is 1. The molecule has 1 rings (SSSR count). The predicted octanol–water partition coefficient (Wildman–Crippen LogP) is 2.17. The quantitative estimate of drug-likeness (QED) is 0.498. The zero-order valence-corrected chi connectivity index (χ0v) is 12.8. The molecule has 19 heavy (non-hydrogen) atoms. The average molecular weight is 352 g/mol. The van der Waals surface area contributed by atoms with Gasteiger partial charge in [-0.05, 0) is 12.0 Å². The number of benzene rings is 1. The molecule has 6 nitrogen and oxygen atoms in total. The Morgan fingerprint density at radius 3 is 2.53 bits per heavy atom. The Kier molecular flexibility index (Phi) is 4.70. The van der Waals surface area contributed by atoms with Crippen molar-refractivity contribution in [2.45, 2.75) is 23.1 Å². The van der Waals surface area contributed by atoms with Crippen molar-refractivity contribution >= 4 is 31.5 Å². The third kappa shape index (κ3) is 3.13. The normalized spacial score (nSPS) is 16.6. The lowest BCUT2D eigenvalue weighted by Gasteiger charge is -2.29. The van der Waals surface area contributed by atoms with Gasteiger partial charge in [-0.15, -0.1) is 0 Å². The van der Waals surface area contributed by atoms with Crippen LogP contribution < -0.4 is 0 Å². The molecule has 0 heterocycles. The molecule has 0 bridgehead atoms. The number of rotatable bonds is 5. The van der Waals surface area contributed by atoms with Crippen LogP contribution in [0.1, 0.15) is 25.0 Å². The van der Waals surface area contributed by atoms with Crippen molar-refractivity contribution in [3.05, 3.63) is 39.9 Å². The molecule has 2 atom stereocenters. The number of sulfone groups is 1. The van der Waals surface area contributed by atoms with E-state index in [0.717, 1.165) is 6.26 Å². The first-order valence-corrected chi connectivity index (χ1v) is 8.13. The number of nitro benzene ring substituents is 1. The standard InChI is InChI=1S/C11H14BrNO5S/c1-3-11(12,19(2,17)18)10(14)8-5-4-6-9(7-8)13(15)16/h4-7,10,14H,3H2,1-2H3/t10-,11+/m1/s1. The van der Waals surface area contributed by atoms with Gasteiger partial charge >= 0.3 is 0 Å². The monoisotopic (exact) mass is 351 g/mol. The van der Waals surface area contributed by atoms with Crippen molar-refractivity contribution in [2.24, 2.45) is 0 Å². The summed E-state index contributed by atoms with van der Waals surface area (Å²) in [5, 5.41) is 20.9. The minimum absolute atomic E-state index is 0.121. The number of nitrogens with zero attached hydrogens (tertiary/aromatic N) is 1. The summed E-state index contributed by atoms with van der Waals surface area (Å²) in [4.78, 5) is 10.1. The molecular weight excluding hydrogens is 338 g/mol. The Labute approximate surface area is 119 Å². The van der Waals surface area contributed by atoms with Gasteiger partial charge in [-0.25, -0.2) is 8.42 Å². The van der Waals surface area contributed by atoms with Crippen molar-refractivity contribution in [1.29, 1.82) is 0 Å². The van der Waals surface area contributed by atoms with E-state index in [1.165, 1.54) is 24.3 Å². The highest BCUT2D eigenvalue weighted by molar-refractivity contribution is 9.11. The molecule has 0 radical (unpaired) electrons. The van der Waals surface area contributed by atoms with Gasteiger partial charge in [0.1, 0.15) is 6.10 Å². The van der Waals surface area contributed by atoms with E-state index < -0.39 is 24.5 Å². The number of aliphatic hydroxyl groups excluding tert-OH is 1. The summed E-state index contributed by atoms with van der Waals surface area (Å²) in [7, 11) is -3.60. The maximum Gasteiger partial charge on any atom is 0.269 e. The van der Waals surface area contributed by atoms with E-state index >= 15 is 0 Å². The molecular formula is C11H14BrNO5S. The van der Waals surface area contributed by atoms with Crippen LogP contribution >= 0.6 is 15.9 Å². The minimum atomic E-state index is -3.60. The van der Waals surface area contributed by atoms with Crippen LogP contribution in [0.3, 0.4) is 0 Å². The van der Waals surface area contributed by atoms with Crippen LogP contribution in [0, 0.1) is 10.1 Å². The summed E-state index contributed by atoms with van der Waals surface area (Å²) in [6.07, 6.45) is -0.269. The topological polar surface area (TPSA) is 97.5 Å². The van der Waals surface area contributed by atoms with Gasteiger partial charge < -0.3 is 5.11 Å². The van der Waals surface area contributed by atoms with Crippen LogP contribution in [0.4, 0.5) is 5.69 Å². The molecule has 0 aliphatic rings. The highest BCUT2D eigenvalue weighted by Crippen LogP contribution is 2.41. The summed E-state index contributed by atoms with van der Waals surface area (Å²) >= 11 is 3.06. The number of non-ortho nitro benzene ring substituents is 1. The number of aliphatic hydroxyl groups is 1. The van der Waals surface area contributed by atoms with E-state index in [-0.39, 0.29) is 17.7 Å². The van der Waals surface area contributed by atoms with E-state index in [2.05, 4.69) is 15.9 Å².